The van der Waals surface area contributed by atoms with Crippen molar-refractivity contribution in [1.29, 1.82) is 0 Å². The predicted molar refractivity (Wildman–Crippen MR) is 123 cm³/mol. The number of piperazine rings is 1. The van der Waals surface area contributed by atoms with Crippen molar-refractivity contribution >= 4 is 23.2 Å². The molecular weight excluding hydrogens is 390 g/mol. The SMILES string of the molecule is CCC(=O)Nc1ccc(C2(C(=O)N3CCN(c4cccc(OC)c4)CC3)CCC2)cc1. The number of carbonyl (C=O) groups excluding carboxylic acids is 2. The molecule has 4 rings (SSSR count). The Labute approximate surface area is 184 Å². The lowest BCUT2D eigenvalue weighted by molar-refractivity contribution is -0.141. The summed E-state index contributed by atoms with van der Waals surface area (Å²) in [5.41, 5.74) is 2.57. The highest BCUT2D eigenvalue weighted by Crippen LogP contribution is 2.45. The zero-order valence-corrected chi connectivity index (χ0v) is 18.4. The maximum Gasteiger partial charge on any atom is 0.233 e. The van der Waals surface area contributed by atoms with Crippen LogP contribution in [0.4, 0.5) is 11.4 Å². The normalized spacial score (nSPS) is 17.6. The maximum atomic E-state index is 13.6. The van der Waals surface area contributed by atoms with Crippen LogP contribution in [0.5, 0.6) is 5.75 Å². The molecule has 0 spiro atoms. The molecule has 1 heterocycles. The highest BCUT2D eigenvalue weighted by molar-refractivity contribution is 5.91. The molecule has 1 aliphatic heterocycles. The van der Waals surface area contributed by atoms with Gasteiger partial charge in [0.25, 0.3) is 0 Å². The molecule has 1 aliphatic carbocycles. The van der Waals surface area contributed by atoms with Crippen LogP contribution in [-0.2, 0) is 15.0 Å². The van der Waals surface area contributed by atoms with Gasteiger partial charge in [0.2, 0.25) is 11.8 Å². The van der Waals surface area contributed by atoms with E-state index in [9.17, 15) is 9.59 Å². The molecule has 2 fully saturated rings. The fourth-order valence-electron chi connectivity index (χ4n) is 4.56. The number of hydrogen-bond acceptors (Lipinski definition) is 4. The van der Waals surface area contributed by atoms with Crippen molar-refractivity contribution in [3.05, 3.63) is 54.1 Å². The van der Waals surface area contributed by atoms with Gasteiger partial charge in [0, 0.05) is 50.0 Å². The third-order valence-electron chi connectivity index (χ3n) is 6.64. The van der Waals surface area contributed by atoms with Crippen molar-refractivity contribution in [3.63, 3.8) is 0 Å². The van der Waals surface area contributed by atoms with E-state index >= 15 is 0 Å². The fourth-order valence-corrected chi connectivity index (χ4v) is 4.56. The van der Waals surface area contributed by atoms with Crippen LogP contribution in [0.1, 0.15) is 38.2 Å². The number of rotatable bonds is 6. The number of methoxy groups -OCH3 is 1. The molecular formula is C25H31N3O3. The molecule has 0 radical (unpaired) electrons. The summed E-state index contributed by atoms with van der Waals surface area (Å²) in [6.45, 7) is 4.92. The quantitative estimate of drug-likeness (QED) is 0.770. The zero-order chi connectivity index (χ0) is 21.8. The second-order valence-corrected chi connectivity index (χ2v) is 8.40. The van der Waals surface area contributed by atoms with Crippen LogP contribution in [0.3, 0.4) is 0 Å². The number of nitrogens with zero attached hydrogens (tertiary/aromatic N) is 2. The summed E-state index contributed by atoms with van der Waals surface area (Å²) in [6.07, 6.45) is 3.31. The van der Waals surface area contributed by atoms with Crippen molar-refractivity contribution in [2.75, 3.05) is 43.5 Å². The Morgan fingerprint density at radius 2 is 1.74 bits per heavy atom. The van der Waals surface area contributed by atoms with Crippen molar-refractivity contribution in [1.82, 2.24) is 4.90 Å². The van der Waals surface area contributed by atoms with E-state index in [1.54, 1.807) is 7.11 Å². The van der Waals surface area contributed by atoms with Gasteiger partial charge in [0.15, 0.2) is 0 Å². The van der Waals surface area contributed by atoms with Crippen LogP contribution < -0.4 is 15.0 Å². The monoisotopic (exact) mass is 421 g/mol. The lowest BCUT2D eigenvalue weighted by Crippen LogP contribution is -2.56. The summed E-state index contributed by atoms with van der Waals surface area (Å²) in [5, 5.41) is 2.88. The maximum absolute atomic E-state index is 13.6. The van der Waals surface area contributed by atoms with Crippen LogP contribution in [0, 0.1) is 0 Å². The summed E-state index contributed by atoms with van der Waals surface area (Å²) in [4.78, 5) is 29.5. The first-order valence-electron chi connectivity index (χ1n) is 11.1. The van der Waals surface area contributed by atoms with Gasteiger partial charge in [-0.1, -0.05) is 31.5 Å². The van der Waals surface area contributed by atoms with E-state index in [4.69, 9.17) is 4.74 Å². The molecule has 31 heavy (non-hydrogen) atoms. The topological polar surface area (TPSA) is 61.9 Å². The first-order valence-corrected chi connectivity index (χ1v) is 11.1. The molecule has 2 aromatic carbocycles. The van der Waals surface area contributed by atoms with Crippen LogP contribution in [0.15, 0.2) is 48.5 Å². The number of hydrogen-bond donors (Lipinski definition) is 1. The summed E-state index contributed by atoms with van der Waals surface area (Å²) >= 11 is 0. The third kappa shape index (κ3) is 4.24. The number of amides is 2. The smallest absolute Gasteiger partial charge is 0.233 e. The number of ether oxygens (including phenoxy) is 1. The minimum Gasteiger partial charge on any atom is -0.497 e. The van der Waals surface area contributed by atoms with E-state index in [0.717, 1.165) is 68.1 Å². The Kier molecular flexibility index (Phi) is 6.16. The van der Waals surface area contributed by atoms with E-state index in [2.05, 4.69) is 16.3 Å². The Hall–Kier alpha value is -3.02. The largest absolute Gasteiger partial charge is 0.497 e. The van der Waals surface area contributed by atoms with Gasteiger partial charge in [-0.25, -0.2) is 0 Å². The Bertz CT molecular complexity index is 929. The lowest BCUT2D eigenvalue weighted by Gasteiger charge is -2.46. The zero-order valence-electron chi connectivity index (χ0n) is 18.4. The Morgan fingerprint density at radius 1 is 1.03 bits per heavy atom. The third-order valence-corrected chi connectivity index (χ3v) is 6.64. The summed E-state index contributed by atoms with van der Waals surface area (Å²) in [7, 11) is 1.68. The fraction of sp³-hybridized carbons (Fsp3) is 0.440. The molecule has 0 atom stereocenters. The molecule has 6 nitrogen and oxygen atoms in total. The second kappa shape index (κ2) is 9.00. The van der Waals surface area contributed by atoms with Gasteiger partial charge in [0.1, 0.15) is 5.75 Å². The van der Waals surface area contributed by atoms with E-state index in [-0.39, 0.29) is 11.8 Å². The first kappa shape index (κ1) is 21.2. The van der Waals surface area contributed by atoms with Gasteiger partial charge in [-0.3, -0.25) is 9.59 Å². The Balaban J connectivity index is 1.43. The first-order chi connectivity index (χ1) is 15.1. The van der Waals surface area contributed by atoms with Crippen LogP contribution in [0.2, 0.25) is 0 Å². The molecule has 2 amide bonds. The van der Waals surface area contributed by atoms with Crippen LogP contribution >= 0.6 is 0 Å². The standard InChI is InChI=1S/C25H31N3O3/c1-3-23(29)26-20-10-8-19(9-11-20)25(12-5-13-25)24(30)28-16-14-27(15-17-28)21-6-4-7-22(18-21)31-2/h4,6-11,18H,3,5,12-17H2,1-2H3,(H,26,29). The summed E-state index contributed by atoms with van der Waals surface area (Å²) in [5.74, 6) is 1.09. The van der Waals surface area contributed by atoms with E-state index in [0.29, 0.717) is 6.42 Å². The minimum atomic E-state index is -0.411. The molecule has 2 aliphatic rings. The highest BCUT2D eigenvalue weighted by atomic mass is 16.5. The lowest BCUT2D eigenvalue weighted by atomic mass is 9.63. The molecule has 0 bridgehead atoms. The second-order valence-electron chi connectivity index (χ2n) is 8.40. The average Bonchev–Trinajstić information content (AvgIpc) is 2.79. The van der Waals surface area contributed by atoms with Crippen molar-refractivity contribution in [2.45, 2.75) is 38.0 Å². The van der Waals surface area contributed by atoms with Gasteiger partial charge in [-0.15, -0.1) is 0 Å². The van der Waals surface area contributed by atoms with Crippen molar-refractivity contribution < 1.29 is 14.3 Å². The van der Waals surface area contributed by atoms with Gasteiger partial charge < -0.3 is 19.9 Å². The number of carbonyl (C=O) groups is 2. The van der Waals surface area contributed by atoms with Crippen molar-refractivity contribution in [3.8, 4) is 5.75 Å². The molecule has 2 aromatic rings. The molecule has 164 valence electrons. The summed E-state index contributed by atoms with van der Waals surface area (Å²) in [6, 6.07) is 15.9. The average molecular weight is 422 g/mol. The van der Waals surface area contributed by atoms with Crippen LogP contribution in [0.25, 0.3) is 0 Å². The molecule has 1 saturated carbocycles. The number of benzene rings is 2. The molecule has 1 saturated heterocycles. The van der Waals surface area contributed by atoms with Gasteiger partial charge in [-0.05, 0) is 42.7 Å². The van der Waals surface area contributed by atoms with Gasteiger partial charge in [0.05, 0.1) is 12.5 Å². The molecule has 0 aromatic heterocycles. The van der Waals surface area contributed by atoms with E-state index in [1.165, 1.54) is 0 Å². The van der Waals surface area contributed by atoms with Gasteiger partial charge in [-0.2, -0.15) is 0 Å². The number of nitrogens with one attached hydrogen (secondary N) is 1. The van der Waals surface area contributed by atoms with Gasteiger partial charge >= 0.3 is 0 Å². The number of anilines is 2. The molecule has 1 N–H and O–H groups in total. The Morgan fingerprint density at radius 3 is 2.32 bits per heavy atom. The highest BCUT2D eigenvalue weighted by Gasteiger charge is 2.48. The van der Waals surface area contributed by atoms with Crippen molar-refractivity contribution in [2.24, 2.45) is 0 Å². The summed E-state index contributed by atoms with van der Waals surface area (Å²) < 4.78 is 5.34. The minimum absolute atomic E-state index is 0.00362. The molecule has 0 unspecified atom stereocenters. The van der Waals surface area contributed by atoms with Crippen LogP contribution in [-0.4, -0.2) is 50.0 Å². The van der Waals surface area contributed by atoms with E-state index < -0.39 is 5.41 Å². The van der Waals surface area contributed by atoms with E-state index in [1.807, 2.05) is 54.3 Å². The predicted octanol–water partition coefficient (Wildman–Crippen LogP) is 3.81. The molecule has 6 heteroatoms.